The Morgan fingerprint density at radius 1 is 1.64 bits per heavy atom. The van der Waals surface area contributed by atoms with E-state index in [1.54, 1.807) is 5.54 Å². The first-order chi connectivity index (χ1) is 5.33. The van der Waals surface area contributed by atoms with E-state index in [9.17, 15) is 0 Å². The minimum absolute atomic E-state index is 0.681. The van der Waals surface area contributed by atoms with Gasteiger partial charge in [-0.05, 0) is 19.4 Å². The van der Waals surface area contributed by atoms with E-state index in [0.717, 1.165) is 13.1 Å². The van der Waals surface area contributed by atoms with Crippen molar-refractivity contribution in [3.8, 4) is 0 Å². The maximum atomic E-state index is 5.44. The van der Waals surface area contributed by atoms with Crippen LogP contribution in [0.2, 0.25) is 0 Å². The van der Waals surface area contributed by atoms with Gasteiger partial charge in [-0.25, -0.2) is 0 Å². The van der Waals surface area contributed by atoms with Crippen LogP contribution in [-0.4, -0.2) is 29.4 Å². The van der Waals surface area contributed by atoms with E-state index in [1.165, 1.54) is 19.4 Å². The number of likely N-dealkylation sites (tertiary alicyclic amines) is 1. The predicted molar refractivity (Wildman–Crippen MR) is 53.4 cm³/mol. The van der Waals surface area contributed by atoms with Crippen molar-refractivity contribution in [2.24, 2.45) is 0 Å². The maximum Gasteiger partial charge on any atom is 0.0273 e. The van der Waals surface area contributed by atoms with Gasteiger partial charge in [-0.3, -0.25) is 4.90 Å². The summed E-state index contributed by atoms with van der Waals surface area (Å²) in [6.07, 6.45) is 4.60. The van der Waals surface area contributed by atoms with Crippen molar-refractivity contribution in [3.05, 3.63) is 11.6 Å². The van der Waals surface area contributed by atoms with E-state index in [-0.39, 0.29) is 0 Å². The maximum absolute atomic E-state index is 5.44. The Balaban J connectivity index is 2.22. The largest absolute Gasteiger partial charge is 0.299 e. The SMILES string of the molecule is Cl/C=C/CN1CCCC(Br)C1. The van der Waals surface area contributed by atoms with Crippen molar-refractivity contribution in [2.75, 3.05) is 19.6 Å². The summed E-state index contributed by atoms with van der Waals surface area (Å²) in [5, 5.41) is 0. The molecule has 11 heavy (non-hydrogen) atoms. The number of hydrogen-bond donors (Lipinski definition) is 0. The van der Waals surface area contributed by atoms with E-state index in [4.69, 9.17) is 11.6 Å². The molecular weight excluding hydrogens is 225 g/mol. The van der Waals surface area contributed by atoms with Gasteiger partial charge in [0.15, 0.2) is 0 Å². The highest BCUT2D eigenvalue weighted by molar-refractivity contribution is 9.09. The van der Waals surface area contributed by atoms with Gasteiger partial charge in [-0.2, -0.15) is 0 Å². The number of rotatable bonds is 2. The van der Waals surface area contributed by atoms with Crippen LogP contribution in [0.25, 0.3) is 0 Å². The van der Waals surface area contributed by atoms with Crippen LogP contribution in [0.15, 0.2) is 11.6 Å². The molecule has 1 nitrogen and oxygen atoms in total. The van der Waals surface area contributed by atoms with Crippen LogP contribution in [0.5, 0.6) is 0 Å². The molecule has 1 unspecified atom stereocenters. The number of nitrogens with zero attached hydrogens (tertiary/aromatic N) is 1. The number of piperidine rings is 1. The van der Waals surface area contributed by atoms with Crippen LogP contribution in [0.3, 0.4) is 0 Å². The highest BCUT2D eigenvalue weighted by Gasteiger charge is 2.15. The smallest absolute Gasteiger partial charge is 0.0273 e. The lowest BCUT2D eigenvalue weighted by molar-refractivity contribution is 0.259. The van der Waals surface area contributed by atoms with E-state index in [0.29, 0.717) is 4.83 Å². The third-order valence-corrected chi connectivity index (χ3v) is 2.83. The first kappa shape index (κ1) is 9.56. The fourth-order valence-corrected chi connectivity index (χ4v) is 2.17. The first-order valence-corrected chi connectivity index (χ1v) is 5.30. The number of halogens is 2. The summed E-state index contributed by atoms with van der Waals surface area (Å²) in [5.41, 5.74) is 1.60. The van der Waals surface area contributed by atoms with E-state index in [2.05, 4.69) is 20.8 Å². The quantitative estimate of drug-likeness (QED) is 0.669. The van der Waals surface area contributed by atoms with Crippen LogP contribution in [0.1, 0.15) is 12.8 Å². The summed E-state index contributed by atoms with van der Waals surface area (Å²) >= 11 is 9.06. The summed E-state index contributed by atoms with van der Waals surface area (Å²) in [6.45, 7) is 3.36. The minimum atomic E-state index is 0.681. The van der Waals surface area contributed by atoms with Crippen LogP contribution < -0.4 is 0 Å². The molecule has 0 spiro atoms. The van der Waals surface area contributed by atoms with Crippen molar-refractivity contribution in [2.45, 2.75) is 17.7 Å². The van der Waals surface area contributed by atoms with Crippen molar-refractivity contribution >= 4 is 27.5 Å². The Bertz CT molecular complexity index is 138. The van der Waals surface area contributed by atoms with Crippen molar-refractivity contribution in [1.82, 2.24) is 4.90 Å². The molecule has 1 saturated heterocycles. The van der Waals surface area contributed by atoms with Crippen LogP contribution >= 0.6 is 27.5 Å². The van der Waals surface area contributed by atoms with Gasteiger partial charge in [-0.1, -0.05) is 33.6 Å². The zero-order chi connectivity index (χ0) is 8.10. The van der Waals surface area contributed by atoms with Crippen LogP contribution in [0, 0.1) is 0 Å². The van der Waals surface area contributed by atoms with Gasteiger partial charge in [0.2, 0.25) is 0 Å². The summed E-state index contributed by atoms with van der Waals surface area (Å²) < 4.78 is 0. The molecule has 1 atom stereocenters. The average molecular weight is 239 g/mol. The predicted octanol–water partition coefficient (Wildman–Crippen LogP) is 2.60. The molecule has 0 amide bonds. The molecule has 0 radical (unpaired) electrons. The molecular formula is C8H13BrClN. The summed E-state index contributed by atoms with van der Waals surface area (Å²) in [7, 11) is 0. The second-order valence-corrected chi connectivity index (χ2v) is 4.41. The van der Waals surface area contributed by atoms with Gasteiger partial charge in [0, 0.05) is 23.5 Å². The molecule has 0 bridgehead atoms. The molecule has 1 aliphatic heterocycles. The summed E-state index contributed by atoms with van der Waals surface area (Å²) in [5.74, 6) is 0. The Morgan fingerprint density at radius 3 is 3.09 bits per heavy atom. The normalized spacial score (nSPS) is 28.0. The van der Waals surface area contributed by atoms with E-state index >= 15 is 0 Å². The second-order valence-electron chi connectivity index (χ2n) is 2.86. The fraction of sp³-hybridized carbons (Fsp3) is 0.750. The van der Waals surface area contributed by atoms with Crippen LogP contribution in [0.4, 0.5) is 0 Å². The third-order valence-electron chi connectivity index (χ3n) is 1.90. The Kier molecular flexibility index (Phi) is 4.50. The molecule has 0 saturated carbocycles. The van der Waals surface area contributed by atoms with Crippen molar-refractivity contribution in [3.63, 3.8) is 0 Å². The standard InChI is InChI=1S/C8H13BrClN/c9-8-3-1-5-11(7-8)6-2-4-10/h2,4,8H,1,3,5-7H2/b4-2+. The molecule has 0 aromatic heterocycles. The minimum Gasteiger partial charge on any atom is -0.299 e. The molecule has 1 aliphatic rings. The lowest BCUT2D eigenvalue weighted by atomic mass is 10.1. The molecule has 0 N–H and O–H groups in total. The van der Waals surface area contributed by atoms with Gasteiger partial charge in [0.1, 0.15) is 0 Å². The summed E-state index contributed by atoms with van der Waals surface area (Å²) in [6, 6.07) is 0. The lowest BCUT2D eigenvalue weighted by Crippen LogP contribution is -2.35. The van der Waals surface area contributed by atoms with E-state index in [1.807, 2.05) is 6.08 Å². The van der Waals surface area contributed by atoms with Gasteiger partial charge < -0.3 is 0 Å². The molecule has 64 valence electrons. The van der Waals surface area contributed by atoms with Gasteiger partial charge in [0.05, 0.1) is 0 Å². The average Bonchev–Trinajstić information content (AvgIpc) is 2.01. The zero-order valence-corrected chi connectivity index (χ0v) is 8.81. The van der Waals surface area contributed by atoms with Crippen molar-refractivity contribution in [1.29, 1.82) is 0 Å². The monoisotopic (exact) mass is 237 g/mol. The molecule has 1 rings (SSSR count). The lowest BCUT2D eigenvalue weighted by Gasteiger charge is -2.28. The fourth-order valence-electron chi connectivity index (χ4n) is 1.35. The Hall–Kier alpha value is 0.470. The zero-order valence-electron chi connectivity index (χ0n) is 6.47. The molecule has 0 aliphatic carbocycles. The summed E-state index contributed by atoms with van der Waals surface area (Å²) in [4.78, 5) is 3.09. The van der Waals surface area contributed by atoms with Crippen LogP contribution in [-0.2, 0) is 0 Å². The van der Waals surface area contributed by atoms with Crippen molar-refractivity contribution < 1.29 is 0 Å². The number of hydrogen-bond acceptors (Lipinski definition) is 1. The van der Waals surface area contributed by atoms with E-state index < -0.39 is 0 Å². The first-order valence-electron chi connectivity index (χ1n) is 3.94. The second kappa shape index (κ2) is 5.18. The molecule has 1 heterocycles. The van der Waals surface area contributed by atoms with Gasteiger partial charge in [-0.15, -0.1) is 0 Å². The molecule has 0 aromatic carbocycles. The Labute approximate surface area is 81.5 Å². The topological polar surface area (TPSA) is 3.24 Å². The molecule has 1 fully saturated rings. The molecule has 3 heteroatoms. The van der Waals surface area contributed by atoms with Gasteiger partial charge in [0.25, 0.3) is 0 Å². The Morgan fingerprint density at radius 2 is 2.45 bits per heavy atom. The number of alkyl halides is 1. The highest BCUT2D eigenvalue weighted by Crippen LogP contribution is 2.16. The highest BCUT2D eigenvalue weighted by atomic mass is 79.9. The third kappa shape index (κ3) is 3.59. The molecule has 0 aromatic rings. The van der Waals surface area contributed by atoms with Gasteiger partial charge >= 0.3 is 0 Å².